The normalized spacial score (nSPS) is 50.2. The molecule has 28 heavy (non-hydrogen) atoms. The molecule has 0 heterocycles. The third-order valence-electron chi connectivity index (χ3n) is 8.68. The van der Waals surface area contributed by atoms with Crippen LogP contribution >= 0.6 is 0 Å². The zero-order chi connectivity index (χ0) is 20.7. The Morgan fingerprint density at radius 3 is 2.64 bits per heavy atom. The number of rotatable bonds is 2. The summed E-state index contributed by atoms with van der Waals surface area (Å²) in [5.74, 6) is -1.70. The lowest BCUT2D eigenvalue weighted by Gasteiger charge is -2.62. The Morgan fingerprint density at radius 1 is 1.32 bits per heavy atom. The fraction of sp³-hybridized carbons (Fsp3) is 0.727. The van der Waals surface area contributed by atoms with E-state index in [1.54, 1.807) is 19.9 Å². The molecule has 0 spiro atoms. The fourth-order valence-corrected chi connectivity index (χ4v) is 7.00. The lowest BCUT2D eigenvalue weighted by molar-refractivity contribution is -0.210. The Hall–Kier alpha value is -1.37. The average molecular weight is 392 g/mol. The summed E-state index contributed by atoms with van der Waals surface area (Å²) in [7, 11) is 0. The van der Waals surface area contributed by atoms with Gasteiger partial charge in [0.15, 0.2) is 17.2 Å². The molecule has 1 unspecified atom stereocenters. The fourth-order valence-electron chi connectivity index (χ4n) is 7.00. The predicted molar refractivity (Wildman–Crippen MR) is 100 cm³/mol. The molecule has 2 fully saturated rings. The molecule has 4 rings (SSSR count). The average Bonchev–Trinajstić information content (AvgIpc) is 2.91. The van der Waals surface area contributed by atoms with Crippen LogP contribution in [0.4, 0.5) is 4.39 Å². The molecule has 7 atom stereocenters. The first kappa shape index (κ1) is 19.9. The summed E-state index contributed by atoms with van der Waals surface area (Å²) in [6.45, 7) is 4.62. The largest absolute Gasteiger partial charge is 0.390 e. The molecule has 0 aromatic heterocycles. The molecular weight excluding hydrogens is 363 g/mol. The molecule has 4 aliphatic carbocycles. The van der Waals surface area contributed by atoms with E-state index in [1.165, 1.54) is 6.08 Å². The van der Waals surface area contributed by atoms with Gasteiger partial charge in [0.2, 0.25) is 0 Å². The number of ketones is 2. The van der Waals surface area contributed by atoms with E-state index >= 15 is 4.39 Å². The zero-order valence-corrected chi connectivity index (χ0v) is 16.7. The van der Waals surface area contributed by atoms with Crippen molar-refractivity contribution in [3.8, 4) is 0 Å². The summed E-state index contributed by atoms with van der Waals surface area (Å²) in [5, 5.41) is 31.7. The third kappa shape index (κ3) is 2.06. The topological polar surface area (TPSA) is 94.8 Å². The van der Waals surface area contributed by atoms with E-state index in [9.17, 15) is 24.9 Å². The first-order chi connectivity index (χ1) is 13.0. The Labute approximate surface area is 164 Å². The van der Waals surface area contributed by atoms with Crippen LogP contribution in [0.2, 0.25) is 0 Å². The van der Waals surface area contributed by atoms with Gasteiger partial charge in [-0.3, -0.25) is 9.59 Å². The number of aliphatic hydroxyl groups is 3. The van der Waals surface area contributed by atoms with Gasteiger partial charge in [0.25, 0.3) is 0 Å². The minimum atomic E-state index is -1.98. The number of aliphatic hydroxyl groups excluding tert-OH is 2. The van der Waals surface area contributed by atoms with Gasteiger partial charge in [-0.25, -0.2) is 4.39 Å². The minimum Gasteiger partial charge on any atom is -0.390 e. The zero-order valence-electron chi connectivity index (χ0n) is 16.7. The number of hydrogen-bond acceptors (Lipinski definition) is 5. The molecule has 2 saturated carbocycles. The molecule has 6 heteroatoms. The van der Waals surface area contributed by atoms with E-state index in [4.69, 9.17) is 0 Å². The number of alkyl halides is 1. The maximum absolute atomic E-state index is 16.9. The Morgan fingerprint density at radius 2 is 2.00 bits per heavy atom. The predicted octanol–water partition coefficient (Wildman–Crippen LogP) is 2.04. The summed E-state index contributed by atoms with van der Waals surface area (Å²) in [6.07, 6.45) is 3.04. The van der Waals surface area contributed by atoms with Gasteiger partial charge in [-0.05, 0) is 50.2 Å². The molecule has 0 aliphatic heterocycles. The van der Waals surface area contributed by atoms with Crippen molar-refractivity contribution in [1.82, 2.24) is 0 Å². The first-order valence-corrected chi connectivity index (χ1v) is 10.1. The van der Waals surface area contributed by atoms with Crippen molar-refractivity contribution in [2.45, 2.75) is 70.2 Å². The SMILES string of the molecule is CC1=C[C@H]2[C@@H]3CC[C@](O)(C(=O)CO)[C@@]3(C)CC(O)[C@]2(F)[C@@]2(C)CCC(=O)C=C12. The van der Waals surface area contributed by atoms with Crippen LogP contribution in [0.5, 0.6) is 0 Å². The molecule has 3 N–H and O–H groups in total. The number of fused-ring (bicyclic) bond motifs is 5. The van der Waals surface area contributed by atoms with Gasteiger partial charge in [0.1, 0.15) is 12.2 Å². The highest BCUT2D eigenvalue weighted by molar-refractivity contribution is 5.93. The van der Waals surface area contributed by atoms with Crippen molar-refractivity contribution in [2.75, 3.05) is 6.61 Å². The van der Waals surface area contributed by atoms with Crippen molar-refractivity contribution >= 4 is 11.6 Å². The van der Waals surface area contributed by atoms with E-state index in [0.29, 0.717) is 18.4 Å². The van der Waals surface area contributed by atoms with Crippen molar-refractivity contribution in [1.29, 1.82) is 0 Å². The maximum atomic E-state index is 16.9. The van der Waals surface area contributed by atoms with Gasteiger partial charge < -0.3 is 15.3 Å². The molecule has 0 bridgehead atoms. The number of halogens is 1. The molecule has 154 valence electrons. The summed E-state index contributed by atoms with van der Waals surface area (Å²) in [5.41, 5.74) is -4.27. The van der Waals surface area contributed by atoms with Crippen LogP contribution < -0.4 is 0 Å². The smallest absolute Gasteiger partial charge is 0.190 e. The Kier molecular flexibility index (Phi) is 4.15. The summed E-state index contributed by atoms with van der Waals surface area (Å²) >= 11 is 0. The summed E-state index contributed by atoms with van der Waals surface area (Å²) in [6, 6.07) is 0. The molecule has 0 amide bonds. The van der Waals surface area contributed by atoms with Crippen molar-refractivity contribution in [2.24, 2.45) is 22.7 Å². The number of carbonyl (C=O) groups is 2. The molecule has 5 nitrogen and oxygen atoms in total. The van der Waals surface area contributed by atoms with Crippen LogP contribution in [-0.4, -0.2) is 50.9 Å². The number of allylic oxidation sites excluding steroid dienone is 4. The van der Waals surface area contributed by atoms with E-state index in [2.05, 4.69) is 0 Å². The van der Waals surface area contributed by atoms with Crippen LogP contribution in [0.1, 0.15) is 52.9 Å². The van der Waals surface area contributed by atoms with E-state index in [-0.39, 0.29) is 31.0 Å². The summed E-state index contributed by atoms with van der Waals surface area (Å²) in [4.78, 5) is 24.4. The standard InChI is InChI=1S/C22H29FO5/c1-12-8-16-14-5-7-21(28,18(27)11-24)20(14,3)10-17(26)22(16,23)19(2)6-4-13(25)9-15(12)19/h8-9,14,16-17,24,26,28H,4-7,10-11H2,1-3H3/t14-,16-,17?,19-,20-,21-,22-/m0/s1. The quantitative estimate of drug-likeness (QED) is 0.669. The third-order valence-corrected chi connectivity index (χ3v) is 8.68. The maximum Gasteiger partial charge on any atom is 0.190 e. The van der Waals surface area contributed by atoms with E-state index in [0.717, 1.165) is 5.57 Å². The van der Waals surface area contributed by atoms with E-state index < -0.39 is 46.5 Å². The monoisotopic (exact) mass is 392 g/mol. The molecule has 0 saturated heterocycles. The molecular formula is C22H29FO5. The van der Waals surface area contributed by atoms with Crippen LogP contribution in [-0.2, 0) is 9.59 Å². The molecule has 0 aromatic carbocycles. The Bertz CT molecular complexity index is 818. The Balaban J connectivity index is 1.89. The van der Waals surface area contributed by atoms with Crippen molar-refractivity contribution < 1.29 is 29.3 Å². The van der Waals surface area contributed by atoms with Crippen molar-refractivity contribution in [3.05, 3.63) is 23.3 Å². The molecule has 4 aliphatic rings. The molecule has 0 aromatic rings. The lowest BCUT2D eigenvalue weighted by Crippen LogP contribution is -2.69. The van der Waals surface area contributed by atoms with Crippen LogP contribution in [0.15, 0.2) is 23.3 Å². The van der Waals surface area contributed by atoms with Gasteiger partial charge in [-0.15, -0.1) is 0 Å². The van der Waals surface area contributed by atoms with Gasteiger partial charge >= 0.3 is 0 Å². The highest BCUT2D eigenvalue weighted by atomic mass is 19.1. The number of hydrogen-bond donors (Lipinski definition) is 3. The highest BCUT2D eigenvalue weighted by Gasteiger charge is 2.74. The second-order valence-electron chi connectivity index (χ2n) is 9.72. The van der Waals surface area contributed by atoms with Crippen molar-refractivity contribution in [3.63, 3.8) is 0 Å². The molecule has 0 radical (unpaired) electrons. The van der Waals surface area contributed by atoms with Crippen LogP contribution in [0, 0.1) is 22.7 Å². The van der Waals surface area contributed by atoms with Crippen LogP contribution in [0.3, 0.4) is 0 Å². The number of Topliss-reactive ketones (excluding diaryl/α,β-unsaturated/α-hetero) is 1. The van der Waals surface area contributed by atoms with Crippen LogP contribution in [0.25, 0.3) is 0 Å². The second-order valence-corrected chi connectivity index (χ2v) is 9.72. The van der Waals surface area contributed by atoms with Gasteiger partial charge in [0, 0.05) is 23.2 Å². The van der Waals surface area contributed by atoms with E-state index in [1.807, 2.05) is 6.92 Å². The van der Waals surface area contributed by atoms with Gasteiger partial charge in [-0.2, -0.15) is 0 Å². The lowest BCUT2D eigenvalue weighted by atomic mass is 9.44. The second kappa shape index (κ2) is 5.83. The van der Waals surface area contributed by atoms with Gasteiger partial charge in [0.05, 0.1) is 6.10 Å². The summed E-state index contributed by atoms with van der Waals surface area (Å²) < 4.78 is 16.9. The first-order valence-electron chi connectivity index (χ1n) is 10.1. The minimum absolute atomic E-state index is 0.0267. The van der Waals surface area contributed by atoms with Gasteiger partial charge in [-0.1, -0.05) is 25.5 Å². The highest BCUT2D eigenvalue weighted by Crippen LogP contribution is 2.69. The number of carbonyl (C=O) groups excluding carboxylic acids is 2.